The van der Waals surface area contributed by atoms with E-state index >= 15 is 0 Å². The second-order valence-corrected chi connectivity index (χ2v) is 4.13. The highest BCUT2D eigenvalue weighted by Gasteiger charge is 2.19. The lowest BCUT2D eigenvalue weighted by molar-refractivity contribution is 0.245. The lowest BCUT2D eigenvalue weighted by Crippen LogP contribution is -2.18. The first-order chi connectivity index (χ1) is 7.31. The number of fused-ring (bicyclic) bond motifs is 1. The zero-order valence-electron chi connectivity index (χ0n) is 8.95. The van der Waals surface area contributed by atoms with Crippen molar-refractivity contribution in [3.05, 3.63) is 29.3 Å². The van der Waals surface area contributed by atoms with Crippen LogP contribution >= 0.6 is 0 Å². The maximum Gasteiger partial charge on any atom is 0.0431 e. The minimum Gasteiger partial charge on any atom is -0.398 e. The molecule has 0 radical (unpaired) electrons. The molecule has 1 heterocycles. The summed E-state index contributed by atoms with van der Waals surface area (Å²) in [4.78, 5) is 2.39. The summed E-state index contributed by atoms with van der Waals surface area (Å²) in [5, 5.41) is 8.72. The zero-order valence-corrected chi connectivity index (χ0v) is 8.95. The number of aliphatic hydroxyl groups excluding tert-OH is 1. The van der Waals surface area contributed by atoms with Crippen molar-refractivity contribution < 1.29 is 5.11 Å². The van der Waals surface area contributed by atoms with Crippen molar-refractivity contribution in [3.8, 4) is 0 Å². The molecule has 2 rings (SSSR count). The van der Waals surface area contributed by atoms with Crippen LogP contribution in [0.2, 0.25) is 0 Å². The highest BCUT2D eigenvalue weighted by atomic mass is 16.2. The van der Waals surface area contributed by atoms with E-state index in [2.05, 4.69) is 11.0 Å². The molecule has 0 fully saturated rings. The molecular formula is C12H18N2O. The van der Waals surface area contributed by atoms with E-state index in [0.717, 1.165) is 38.2 Å². The van der Waals surface area contributed by atoms with Crippen molar-refractivity contribution in [2.24, 2.45) is 0 Å². The summed E-state index contributed by atoms with van der Waals surface area (Å²) in [5.74, 6) is 0. The first-order valence-corrected chi connectivity index (χ1v) is 5.50. The second-order valence-electron chi connectivity index (χ2n) is 4.13. The van der Waals surface area contributed by atoms with Gasteiger partial charge >= 0.3 is 0 Å². The Bertz CT molecular complexity index is 338. The van der Waals surface area contributed by atoms with Crippen LogP contribution in [-0.4, -0.2) is 23.2 Å². The third kappa shape index (κ3) is 2.30. The Morgan fingerprint density at radius 3 is 2.87 bits per heavy atom. The molecule has 0 saturated heterocycles. The summed E-state index contributed by atoms with van der Waals surface area (Å²) in [6.07, 6.45) is 1.95. The summed E-state index contributed by atoms with van der Waals surface area (Å²) in [5.41, 5.74) is 9.49. The Morgan fingerprint density at radius 1 is 1.27 bits per heavy atom. The summed E-state index contributed by atoms with van der Waals surface area (Å²) in [6, 6.07) is 6.14. The number of nitrogens with two attached hydrogens (primary N) is 1. The van der Waals surface area contributed by atoms with Crippen LogP contribution in [0, 0.1) is 0 Å². The van der Waals surface area contributed by atoms with E-state index in [4.69, 9.17) is 10.8 Å². The number of aliphatic hydroxyl groups is 1. The number of hydrogen-bond acceptors (Lipinski definition) is 3. The van der Waals surface area contributed by atoms with Gasteiger partial charge in [-0.3, -0.25) is 4.90 Å². The molecule has 1 aromatic rings. The third-order valence-electron chi connectivity index (χ3n) is 2.97. The maximum absolute atomic E-state index is 8.72. The van der Waals surface area contributed by atoms with Crippen molar-refractivity contribution in [1.82, 2.24) is 4.90 Å². The van der Waals surface area contributed by atoms with E-state index in [1.807, 2.05) is 12.1 Å². The van der Waals surface area contributed by atoms with Gasteiger partial charge in [0.05, 0.1) is 0 Å². The van der Waals surface area contributed by atoms with Gasteiger partial charge in [-0.2, -0.15) is 0 Å². The standard InChI is InChI=1S/C12H18N2O/c13-12-5-3-4-10-8-14(9-11(10)12)6-1-2-7-15/h3-5,15H,1-2,6-9,13H2. The molecule has 1 aliphatic rings. The van der Waals surface area contributed by atoms with Gasteiger partial charge in [0.25, 0.3) is 0 Å². The van der Waals surface area contributed by atoms with Gasteiger partial charge in [-0.1, -0.05) is 12.1 Å². The van der Waals surface area contributed by atoms with Gasteiger partial charge in [-0.25, -0.2) is 0 Å². The molecule has 0 atom stereocenters. The molecule has 0 spiro atoms. The molecule has 1 aliphatic heterocycles. The first-order valence-electron chi connectivity index (χ1n) is 5.50. The van der Waals surface area contributed by atoms with E-state index < -0.39 is 0 Å². The molecule has 0 aromatic heterocycles. The lowest BCUT2D eigenvalue weighted by atomic mass is 10.1. The Balaban J connectivity index is 1.94. The topological polar surface area (TPSA) is 49.5 Å². The normalized spacial score (nSPS) is 15.5. The predicted octanol–water partition coefficient (Wildman–Crippen LogP) is 1.36. The molecule has 0 saturated carbocycles. The summed E-state index contributed by atoms with van der Waals surface area (Å²) in [7, 11) is 0. The van der Waals surface area contributed by atoms with Crippen LogP contribution in [0.15, 0.2) is 18.2 Å². The summed E-state index contributed by atoms with van der Waals surface area (Å²) >= 11 is 0. The number of hydrogen-bond donors (Lipinski definition) is 2. The number of unbranched alkanes of at least 4 members (excludes halogenated alkanes) is 1. The zero-order chi connectivity index (χ0) is 10.7. The van der Waals surface area contributed by atoms with Gasteiger partial charge in [0.15, 0.2) is 0 Å². The van der Waals surface area contributed by atoms with E-state index in [0.29, 0.717) is 6.61 Å². The minimum absolute atomic E-state index is 0.295. The molecule has 1 aromatic carbocycles. The smallest absolute Gasteiger partial charge is 0.0431 e. The van der Waals surface area contributed by atoms with Gasteiger partial charge < -0.3 is 10.8 Å². The monoisotopic (exact) mass is 206 g/mol. The fraction of sp³-hybridized carbons (Fsp3) is 0.500. The molecule has 3 heteroatoms. The van der Waals surface area contributed by atoms with E-state index in [1.165, 1.54) is 11.1 Å². The van der Waals surface area contributed by atoms with Gasteiger partial charge in [0, 0.05) is 25.4 Å². The second kappa shape index (κ2) is 4.64. The van der Waals surface area contributed by atoms with Crippen molar-refractivity contribution in [2.75, 3.05) is 18.9 Å². The largest absolute Gasteiger partial charge is 0.398 e. The van der Waals surface area contributed by atoms with Gasteiger partial charge in [0.2, 0.25) is 0 Å². The Morgan fingerprint density at radius 2 is 2.13 bits per heavy atom. The van der Waals surface area contributed by atoms with E-state index in [1.54, 1.807) is 0 Å². The average molecular weight is 206 g/mol. The summed E-state index contributed by atoms with van der Waals surface area (Å²) in [6.45, 7) is 3.32. The third-order valence-corrected chi connectivity index (χ3v) is 2.97. The van der Waals surface area contributed by atoms with E-state index in [-0.39, 0.29) is 0 Å². The van der Waals surface area contributed by atoms with Crippen LogP contribution in [0.25, 0.3) is 0 Å². The molecule has 15 heavy (non-hydrogen) atoms. The number of anilines is 1. The molecule has 3 nitrogen and oxygen atoms in total. The van der Waals surface area contributed by atoms with Gasteiger partial charge in [0.1, 0.15) is 0 Å². The minimum atomic E-state index is 0.295. The maximum atomic E-state index is 8.72. The predicted molar refractivity (Wildman–Crippen MR) is 61.3 cm³/mol. The quantitative estimate of drug-likeness (QED) is 0.577. The Hall–Kier alpha value is -1.06. The van der Waals surface area contributed by atoms with Crippen molar-refractivity contribution in [3.63, 3.8) is 0 Å². The lowest BCUT2D eigenvalue weighted by Gasteiger charge is -2.13. The van der Waals surface area contributed by atoms with Crippen LogP contribution in [0.5, 0.6) is 0 Å². The van der Waals surface area contributed by atoms with Crippen molar-refractivity contribution >= 4 is 5.69 Å². The molecule has 82 valence electrons. The number of nitrogens with zero attached hydrogens (tertiary/aromatic N) is 1. The van der Waals surface area contributed by atoms with Crippen LogP contribution in [0.4, 0.5) is 5.69 Å². The molecule has 0 bridgehead atoms. The van der Waals surface area contributed by atoms with Crippen LogP contribution in [-0.2, 0) is 13.1 Å². The van der Waals surface area contributed by atoms with Crippen LogP contribution in [0.1, 0.15) is 24.0 Å². The van der Waals surface area contributed by atoms with Gasteiger partial charge in [-0.15, -0.1) is 0 Å². The van der Waals surface area contributed by atoms with Crippen LogP contribution in [0.3, 0.4) is 0 Å². The molecule has 3 N–H and O–H groups in total. The van der Waals surface area contributed by atoms with Gasteiger partial charge in [-0.05, 0) is 36.6 Å². The average Bonchev–Trinajstić information content (AvgIpc) is 2.63. The van der Waals surface area contributed by atoms with Crippen molar-refractivity contribution in [1.29, 1.82) is 0 Å². The number of benzene rings is 1. The molecule has 0 amide bonds. The first kappa shape index (κ1) is 10.5. The fourth-order valence-corrected chi connectivity index (χ4v) is 2.12. The Labute approximate surface area is 90.5 Å². The Kier molecular flexibility index (Phi) is 3.23. The number of rotatable bonds is 4. The highest BCUT2D eigenvalue weighted by molar-refractivity contribution is 5.52. The van der Waals surface area contributed by atoms with Crippen LogP contribution < -0.4 is 5.73 Å². The SMILES string of the molecule is Nc1cccc2c1CN(CCCCO)C2. The molecule has 0 aliphatic carbocycles. The van der Waals surface area contributed by atoms with Crippen molar-refractivity contribution in [2.45, 2.75) is 25.9 Å². The molecule has 0 unspecified atom stereocenters. The van der Waals surface area contributed by atoms with E-state index in [9.17, 15) is 0 Å². The number of nitrogen functional groups attached to an aromatic ring is 1. The highest BCUT2D eigenvalue weighted by Crippen LogP contribution is 2.27. The summed E-state index contributed by atoms with van der Waals surface area (Å²) < 4.78 is 0. The molecular weight excluding hydrogens is 188 g/mol. The fourth-order valence-electron chi connectivity index (χ4n) is 2.12.